The molecule has 0 amide bonds. The third-order valence-electron chi connectivity index (χ3n) is 5.33. The van der Waals surface area contributed by atoms with Gasteiger partial charge in [-0.1, -0.05) is 23.2 Å². The Kier molecular flexibility index (Phi) is 6.79. The van der Waals surface area contributed by atoms with Gasteiger partial charge in [-0.2, -0.15) is 28.4 Å². The van der Waals surface area contributed by atoms with Crippen LogP contribution in [-0.2, 0) is 18.0 Å². The first-order valence-corrected chi connectivity index (χ1v) is 11.6. The Labute approximate surface area is 216 Å². The number of hydrogen-bond acceptors (Lipinski definition) is 8. The highest BCUT2D eigenvalue weighted by Gasteiger charge is 2.33. The number of aryl methyl sites for hydroxylation is 1. The molecule has 6 heterocycles. The standard InChI is InChI=1S/C17H10Cl2F3N9O.C4H8O/c1-30-13-11(18)7(32-8-6-25-31-3-2-23-14(19)12(8)31)5-24-15(13)27-16(30)26-10-4-9(28-29-10)17(20,21)22;1-2-4-5-3-1/h2-6H,1H3,(H2,24,26,27,28,29);1-4H2. The molecule has 1 aliphatic rings. The lowest BCUT2D eigenvalue weighted by Crippen LogP contribution is -2.04. The van der Waals surface area contributed by atoms with Gasteiger partial charge in [-0.25, -0.2) is 14.5 Å². The Bertz CT molecular complexity index is 1550. The smallest absolute Gasteiger partial charge is 0.432 e. The number of imidazole rings is 1. The van der Waals surface area contributed by atoms with Crippen molar-refractivity contribution in [3.63, 3.8) is 0 Å². The van der Waals surface area contributed by atoms with E-state index in [0.717, 1.165) is 19.3 Å². The van der Waals surface area contributed by atoms with Crippen LogP contribution in [0.15, 0.2) is 30.9 Å². The van der Waals surface area contributed by atoms with E-state index >= 15 is 0 Å². The number of nitrogens with zero attached hydrogens (tertiary/aromatic N) is 7. The molecule has 2 N–H and O–H groups in total. The third-order valence-corrected chi connectivity index (χ3v) is 5.97. The molecule has 0 bridgehead atoms. The summed E-state index contributed by atoms with van der Waals surface area (Å²) < 4.78 is 52.2. The molecule has 1 fully saturated rings. The van der Waals surface area contributed by atoms with Crippen molar-refractivity contribution in [2.24, 2.45) is 7.05 Å². The summed E-state index contributed by atoms with van der Waals surface area (Å²) in [4.78, 5) is 12.5. The number of halogens is 5. The molecule has 0 aliphatic carbocycles. The lowest BCUT2D eigenvalue weighted by atomic mass is 10.4. The Morgan fingerprint density at radius 2 is 1.89 bits per heavy atom. The monoisotopic (exact) mass is 555 g/mol. The minimum absolute atomic E-state index is 0.0724. The van der Waals surface area contributed by atoms with Crippen LogP contribution in [0.5, 0.6) is 11.5 Å². The van der Waals surface area contributed by atoms with Gasteiger partial charge in [0.05, 0.1) is 12.4 Å². The van der Waals surface area contributed by atoms with Crippen LogP contribution in [0.2, 0.25) is 10.2 Å². The molecule has 6 rings (SSSR count). The summed E-state index contributed by atoms with van der Waals surface area (Å²) in [5, 5.41) is 12.7. The first-order chi connectivity index (χ1) is 17.7. The maximum Gasteiger partial charge on any atom is 0.432 e. The second kappa shape index (κ2) is 10.0. The van der Waals surface area contributed by atoms with Gasteiger partial charge in [-0.15, -0.1) is 0 Å². The highest BCUT2D eigenvalue weighted by atomic mass is 35.5. The molecule has 1 aliphatic heterocycles. The van der Waals surface area contributed by atoms with E-state index in [1.54, 1.807) is 13.2 Å². The zero-order valence-corrected chi connectivity index (χ0v) is 20.6. The number of hydrogen-bond donors (Lipinski definition) is 2. The Hall–Kier alpha value is -3.62. The van der Waals surface area contributed by atoms with Crippen LogP contribution in [0, 0.1) is 0 Å². The fourth-order valence-electron chi connectivity index (χ4n) is 3.52. The third kappa shape index (κ3) is 5.12. The molecule has 11 nitrogen and oxygen atoms in total. The van der Waals surface area contributed by atoms with Crippen LogP contribution < -0.4 is 10.1 Å². The Morgan fingerprint density at radius 3 is 2.57 bits per heavy atom. The number of ether oxygens (including phenoxy) is 2. The average molecular weight is 556 g/mol. The SMILES string of the molecule is C1CCOC1.Cn1c(Nc2cc(C(F)(F)F)[nH]n2)nc2ncc(Oc3cnn4ccnc(Cl)c34)c(Cl)c21. The molecule has 0 aromatic carbocycles. The molecule has 0 saturated carbocycles. The second-order valence-corrected chi connectivity index (χ2v) is 8.57. The van der Waals surface area contributed by atoms with Crippen LogP contribution in [0.4, 0.5) is 24.9 Å². The summed E-state index contributed by atoms with van der Waals surface area (Å²) in [6.45, 7) is 2.00. The van der Waals surface area contributed by atoms with Crippen molar-refractivity contribution in [2.45, 2.75) is 19.0 Å². The van der Waals surface area contributed by atoms with E-state index < -0.39 is 11.9 Å². The maximum absolute atomic E-state index is 12.8. The lowest BCUT2D eigenvalue weighted by Gasteiger charge is -2.08. The molecular weight excluding hydrogens is 538 g/mol. The summed E-state index contributed by atoms with van der Waals surface area (Å²) in [6, 6.07) is 0.825. The first kappa shape index (κ1) is 25.0. The van der Waals surface area contributed by atoms with Crippen molar-refractivity contribution < 1.29 is 22.6 Å². The van der Waals surface area contributed by atoms with Crippen molar-refractivity contribution in [3.05, 3.63) is 46.7 Å². The lowest BCUT2D eigenvalue weighted by molar-refractivity contribution is -0.141. The fourth-order valence-corrected chi connectivity index (χ4v) is 4.06. The summed E-state index contributed by atoms with van der Waals surface area (Å²) >= 11 is 12.7. The van der Waals surface area contributed by atoms with Crippen molar-refractivity contribution in [1.82, 2.24) is 39.3 Å². The van der Waals surface area contributed by atoms with E-state index in [9.17, 15) is 13.2 Å². The average Bonchev–Trinajstić information content (AvgIpc) is 3.65. The summed E-state index contributed by atoms with van der Waals surface area (Å²) in [5.74, 6) is 0.609. The van der Waals surface area contributed by atoms with Gasteiger partial charge in [0.15, 0.2) is 28.1 Å². The van der Waals surface area contributed by atoms with Crippen LogP contribution in [0.3, 0.4) is 0 Å². The largest absolute Gasteiger partial charge is 0.450 e. The normalized spacial score (nSPS) is 13.7. The van der Waals surface area contributed by atoms with E-state index in [0.29, 0.717) is 16.8 Å². The summed E-state index contributed by atoms with van der Waals surface area (Å²) in [6.07, 6.45) is 3.93. The van der Waals surface area contributed by atoms with Crippen LogP contribution in [0.25, 0.3) is 16.7 Å². The Morgan fingerprint density at radius 1 is 1.11 bits per heavy atom. The molecule has 5 aromatic rings. The predicted octanol–water partition coefficient (Wildman–Crippen LogP) is 5.39. The number of nitrogens with one attached hydrogen (secondary N) is 2. The van der Waals surface area contributed by atoms with Crippen molar-refractivity contribution in [1.29, 1.82) is 0 Å². The molecule has 16 heteroatoms. The minimum Gasteiger partial charge on any atom is -0.450 e. The van der Waals surface area contributed by atoms with Crippen molar-refractivity contribution >= 4 is 51.6 Å². The van der Waals surface area contributed by atoms with Crippen molar-refractivity contribution in [2.75, 3.05) is 18.5 Å². The highest BCUT2D eigenvalue weighted by Crippen LogP contribution is 2.38. The maximum atomic E-state index is 12.8. The molecule has 0 atom stereocenters. The zero-order valence-electron chi connectivity index (χ0n) is 19.1. The van der Waals surface area contributed by atoms with Crippen LogP contribution in [0.1, 0.15) is 18.5 Å². The van der Waals surface area contributed by atoms with Gasteiger partial charge in [-0.3, -0.25) is 5.10 Å². The topological polar surface area (TPSA) is 120 Å². The number of alkyl halides is 3. The molecule has 0 spiro atoms. The van der Waals surface area contributed by atoms with E-state index in [4.69, 9.17) is 32.7 Å². The predicted molar refractivity (Wildman–Crippen MR) is 129 cm³/mol. The number of fused-ring (bicyclic) bond motifs is 2. The number of aromatic nitrogens is 8. The number of H-pyrrole nitrogens is 1. The molecule has 37 heavy (non-hydrogen) atoms. The summed E-state index contributed by atoms with van der Waals surface area (Å²) in [7, 11) is 1.61. The number of anilines is 2. The molecule has 1 saturated heterocycles. The minimum atomic E-state index is -4.55. The molecular formula is C21H18Cl2F3N9O2. The van der Waals surface area contributed by atoms with Gasteiger partial charge >= 0.3 is 6.18 Å². The van der Waals surface area contributed by atoms with Crippen molar-refractivity contribution in [3.8, 4) is 11.5 Å². The van der Waals surface area contributed by atoms with Gasteiger partial charge in [0.1, 0.15) is 21.7 Å². The van der Waals surface area contributed by atoms with E-state index in [-0.39, 0.29) is 33.3 Å². The van der Waals surface area contributed by atoms with Crippen LogP contribution >= 0.6 is 23.2 Å². The van der Waals surface area contributed by atoms with Gasteiger partial charge in [0, 0.05) is 38.7 Å². The number of pyridine rings is 1. The number of aromatic amines is 1. The van der Waals surface area contributed by atoms with E-state index in [2.05, 4.69) is 30.5 Å². The molecule has 0 radical (unpaired) electrons. The molecule has 0 unspecified atom stereocenters. The first-order valence-electron chi connectivity index (χ1n) is 10.9. The quantitative estimate of drug-likeness (QED) is 0.302. The molecule has 194 valence electrons. The summed E-state index contributed by atoms with van der Waals surface area (Å²) in [5.41, 5.74) is 0.0845. The van der Waals surface area contributed by atoms with E-state index in [1.807, 2.05) is 5.10 Å². The second-order valence-electron chi connectivity index (χ2n) is 7.83. The van der Waals surface area contributed by atoms with Gasteiger partial charge < -0.3 is 19.4 Å². The fraction of sp³-hybridized carbons (Fsp3) is 0.286. The van der Waals surface area contributed by atoms with Gasteiger partial charge in [-0.05, 0) is 12.8 Å². The Balaban J connectivity index is 0.000000503. The van der Waals surface area contributed by atoms with Gasteiger partial charge in [0.25, 0.3) is 0 Å². The molecule has 5 aromatic heterocycles. The van der Waals surface area contributed by atoms with Crippen LogP contribution in [-0.4, -0.2) is 52.5 Å². The van der Waals surface area contributed by atoms with E-state index in [1.165, 1.54) is 40.5 Å². The highest BCUT2D eigenvalue weighted by molar-refractivity contribution is 6.36. The van der Waals surface area contributed by atoms with Gasteiger partial charge in [0.2, 0.25) is 5.95 Å². The number of rotatable bonds is 4. The zero-order chi connectivity index (χ0) is 26.2.